The summed E-state index contributed by atoms with van der Waals surface area (Å²) in [5, 5.41) is 8.51. The number of nitriles is 1. The van der Waals surface area contributed by atoms with Gasteiger partial charge in [0.15, 0.2) is 11.5 Å². The maximum absolute atomic E-state index is 12.0. The van der Waals surface area contributed by atoms with Crippen LogP contribution in [0, 0.1) is 11.3 Å². The van der Waals surface area contributed by atoms with Crippen LogP contribution in [0.2, 0.25) is 0 Å². The molecule has 0 atom stereocenters. The first kappa shape index (κ1) is 14.3. The third kappa shape index (κ3) is 3.67. The van der Waals surface area contributed by atoms with E-state index in [9.17, 15) is 4.79 Å². The molecule has 0 bridgehead atoms. The second kappa shape index (κ2) is 6.87. The molecule has 0 aliphatic carbocycles. The number of allylic oxidation sites excluding steroid dienone is 1. The van der Waals surface area contributed by atoms with Crippen molar-refractivity contribution in [3.63, 3.8) is 0 Å². The van der Waals surface area contributed by atoms with E-state index in [1.807, 2.05) is 6.07 Å². The third-order valence-corrected chi connectivity index (χ3v) is 2.66. The standard InChI is InChI=1S/C16H12N2O3/c1-20-15-11-12(3-2-8-17)4-5-14(15)21-16(19)13-6-9-18-10-7-13/h2-7,9-11H,1H3/b3-2-. The van der Waals surface area contributed by atoms with E-state index in [2.05, 4.69) is 4.98 Å². The highest BCUT2D eigenvalue weighted by molar-refractivity contribution is 5.91. The topological polar surface area (TPSA) is 72.2 Å². The van der Waals surface area contributed by atoms with Crippen molar-refractivity contribution in [2.75, 3.05) is 7.11 Å². The Balaban J connectivity index is 2.22. The largest absolute Gasteiger partial charge is 0.493 e. The fourth-order valence-electron chi connectivity index (χ4n) is 1.65. The van der Waals surface area contributed by atoms with Crippen molar-refractivity contribution < 1.29 is 14.3 Å². The lowest BCUT2D eigenvalue weighted by atomic mass is 10.2. The molecule has 0 N–H and O–H groups in total. The first-order valence-electron chi connectivity index (χ1n) is 6.11. The number of aromatic nitrogens is 1. The molecule has 2 rings (SSSR count). The van der Waals surface area contributed by atoms with Gasteiger partial charge in [-0.05, 0) is 35.9 Å². The van der Waals surface area contributed by atoms with Crippen molar-refractivity contribution in [3.05, 3.63) is 59.9 Å². The van der Waals surface area contributed by atoms with Crippen LogP contribution in [-0.4, -0.2) is 18.1 Å². The summed E-state index contributed by atoms with van der Waals surface area (Å²) in [6, 6.07) is 10.1. The van der Waals surface area contributed by atoms with Gasteiger partial charge in [0.2, 0.25) is 0 Å². The molecule has 0 fully saturated rings. The van der Waals surface area contributed by atoms with Crippen LogP contribution < -0.4 is 9.47 Å². The average Bonchev–Trinajstić information content (AvgIpc) is 2.54. The van der Waals surface area contributed by atoms with Gasteiger partial charge in [-0.2, -0.15) is 5.26 Å². The van der Waals surface area contributed by atoms with Gasteiger partial charge >= 0.3 is 5.97 Å². The van der Waals surface area contributed by atoms with Gasteiger partial charge in [-0.1, -0.05) is 6.07 Å². The van der Waals surface area contributed by atoms with Crippen LogP contribution in [0.25, 0.3) is 6.08 Å². The van der Waals surface area contributed by atoms with Crippen LogP contribution in [-0.2, 0) is 0 Å². The summed E-state index contributed by atoms with van der Waals surface area (Å²) in [4.78, 5) is 15.8. The van der Waals surface area contributed by atoms with Crippen LogP contribution in [0.15, 0.2) is 48.8 Å². The minimum absolute atomic E-state index is 0.313. The number of methoxy groups -OCH3 is 1. The summed E-state index contributed by atoms with van der Waals surface area (Å²) in [5.74, 6) is 0.238. The maximum Gasteiger partial charge on any atom is 0.343 e. The quantitative estimate of drug-likeness (QED) is 0.489. The van der Waals surface area contributed by atoms with Gasteiger partial charge in [-0.25, -0.2) is 4.79 Å². The molecule has 1 aromatic heterocycles. The molecular formula is C16H12N2O3. The molecule has 0 saturated heterocycles. The smallest absolute Gasteiger partial charge is 0.343 e. The molecule has 1 aromatic carbocycles. The normalized spacial score (nSPS) is 10.1. The number of carbonyl (C=O) groups is 1. The molecule has 1 heterocycles. The highest BCUT2D eigenvalue weighted by atomic mass is 16.6. The Labute approximate surface area is 122 Å². The lowest BCUT2D eigenvalue weighted by molar-refractivity contribution is 0.0729. The summed E-state index contributed by atoms with van der Waals surface area (Å²) in [5.41, 5.74) is 1.18. The molecule has 5 nitrogen and oxygen atoms in total. The van der Waals surface area contributed by atoms with E-state index in [1.54, 1.807) is 36.4 Å². The summed E-state index contributed by atoms with van der Waals surface area (Å²) < 4.78 is 10.5. The predicted molar refractivity (Wildman–Crippen MR) is 76.8 cm³/mol. The number of pyridine rings is 1. The van der Waals surface area contributed by atoms with Crippen LogP contribution in [0.5, 0.6) is 11.5 Å². The molecule has 0 aliphatic rings. The van der Waals surface area contributed by atoms with Crippen LogP contribution in [0.3, 0.4) is 0 Å². The van der Waals surface area contributed by atoms with Crippen molar-refractivity contribution in [1.82, 2.24) is 4.98 Å². The Morgan fingerprint density at radius 2 is 2.00 bits per heavy atom. The number of ether oxygens (including phenoxy) is 2. The van der Waals surface area contributed by atoms with Crippen LogP contribution >= 0.6 is 0 Å². The number of carbonyl (C=O) groups excluding carboxylic acids is 1. The Bertz CT molecular complexity index is 703. The highest BCUT2D eigenvalue weighted by Crippen LogP contribution is 2.29. The molecule has 0 radical (unpaired) electrons. The molecular weight excluding hydrogens is 268 g/mol. The lowest BCUT2D eigenvalue weighted by Crippen LogP contribution is -2.09. The van der Waals surface area contributed by atoms with Crippen molar-refractivity contribution in [2.24, 2.45) is 0 Å². The van der Waals surface area contributed by atoms with Gasteiger partial charge in [0.25, 0.3) is 0 Å². The molecule has 0 unspecified atom stereocenters. The minimum atomic E-state index is -0.490. The second-order valence-electron chi connectivity index (χ2n) is 4.00. The Kier molecular flexibility index (Phi) is 4.67. The van der Waals surface area contributed by atoms with Crippen LogP contribution in [0.1, 0.15) is 15.9 Å². The van der Waals surface area contributed by atoms with Crippen molar-refractivity contribution in [3.8, 4) is 17.6 Å². The van der Waals surface area contributed by atoms with Gasteiger partial charge in [-0.15, -0.1) is 0 Å². The number of benzene rings is 1. The zero-order valence-corrected chi connectivity index (χ0v) is 11.3. The van der Waals surface area contributed by atoms with Gasteiger partial charge in [0, 0.05) is 18.5 Å². The number of esters is 1. The maximum atomic E-state index is 12.0. The van der Waals surface area contributed by atoms with Gasteiger partial charge in [0.1, 0.15) is 0 Å². The number of nitrogens with zero attached hydrogens (tertiary/aromatic N) is 2. The summed E-state index contributed by atoms with van der Waals surface area (Å²) in [7, 11) is 1.48. The molecule has 104 valence electrons. The molecule has 0 saturated carbocycles. The number of hydrogen-bond acceptors (Lipinski definition) is 5. The van der Waals surface area contributed by atoms with E-state index in [-0.39, 0.29) is 0 Å². The molecule has 0 aliphatic heterocycles. The first-order chi connectivity index (χ1) is 10.2. The summed E-state index contributed by atoms with van der Waals surface area (Å²) in [6.45, 7) is 0. The van der Waals surface area contributed by atoms with E-state index in [4.69, 9.17) is 14.7 Å². The van der Waals surface area contributed by atoms with E-state index < -0.39 is 5.97 Å². The van der Waals surface area contributed by atoms with Gasteiger partial charge in [0.05, 0.1) is 18.7 Å². The van der Waals surface area contributed by atoms with Gasteiger partial charge in [-0.3, -0.25) is 4.98 Å². The molecule has 0 amide bonds. The van der Waals surface area contributed by atoms with E-state index in [0.29, 0.717) is 17.1 Å². The van der Waals surface area contributed by atoms with E-state index >= 15 is 0 Å². The summed E-state index contributed by atoms with van der Waals surface area (Å²) >= 11 is 0. The molecule has 5 heteroatoms. The monoisotopic (exact) mass is 280 g/mol. The molecule has 21 heavy (non-hydrogen) atoms. The minimum Gasteiger partial charge on any atom is -0.493 e. The summed E-state index contributed by atoms with van der Waals surface area (Å²) in [6.07, 6.45) is 6.03. The Hall–Kier alpha value is -3.13. The number of rotatable bonds is 4. The lowest BCUT2D eigenvalue weighted by Gasteiger charge is -2.09. The Morgan fingerprint density at radius 3 is 2.67 bits per heavy atom. The first-order valence-corrected chi connectivity index (χ1v) is 6.11. The molecule has 0 spiro atoms. The fraction of sp³-hybridized carbons (Fsp3) is 0.0625. The highest BCUT2D eigenvalue weighted by Gasteiger charge is 2.12. The average molecular weight is 280 g/mol. The molecule has 2 aromatic rings. The zero-order chi connectivity index (χ0) is 15.1. The third-order valence-electron chi connectivity index (χ3n) is 2.66. The van der Waals surface area contributed by atoms with E-state index in [0.717, 1.165) is 5.56 Å². The van der Waals surface area contributed by atoms with Crippen molar-refractivity contribution in [2.45, 2.75) is 0 Å². The zero-order valence-electron chi connectivity index (χ0n) is 11.3. The van der Waals surface area contributed by atoms with Crippen molar-refractivity contribution in [1.29, 1.82) is 5.26 Å². The second-order valence-corrected chi connectivity index (χ2v) is 4.00. The SMILES string of the molecule is COc1cc(/C=C\C#N)ccc1OC(=O)c1ccncc1. The number of hydrogen-bond donors (Lipinski definition) is 0. The predicted octanol–water partition coefficient (Wildman–Crippen LogP) is 2.85. The Morgan fingerprint density at radius 1 is 1.24 bits per heavy atom. The van der Waals surface area contributed by atoms with Crippen molar-refractivity contribution >= 4 is 12.0 Å². The van der Waals surface area contributed by atoms with E-state index in [1.165, 1.54) is 25.6 Å². The van der Waals surface area contributed by atoms with Gasteiger partial charge < -0.3 is 9.47 Å². The fourth-order valence-corrected chi connectivity index (χ4v) is 1.65. The van der Waals surface area contributed by atoms with Crippen LogP contribution in [0.4, 0.5) is 0 Å².